The minimum atomic E-state index is -1.09. The lowest BCUT2D eigenvalue weighted by atomic mass is 10.1. The molecule has 0 heterocycles. The van der Waals surface area contributed by atoms with Crippen LogP contribution in [0.5, 0.6) is 5.75 Å². The third-order valence-corrected chi connectivity index (χ3v) is 2.31. The van der Waals surface area contributed by atoms with Crippen molar-refractivity contribution in [3.63, 3.8) is 0 Å². The molecule has 3 N–H and O–H groups in total. The zero-order valence-corrected chi connectivity index (χ0v) is 10.0. The molecule has 1 amide bonds. The highest BCUT2D eigenvalue weighted by Gasteiger charge is 2.24. The molecule has 0 unspecified atom stereocenters. The van der Waals surface area contributed by atoms with Crippen molar-refractivity contribution in [2.45, 2.75) is 12.5 Å². The van der Waals surface area contributed by atoms with Crippen LogP contribution >= 0.6 is 0 Å². The number of nitrogens with one attached hydrogen (secondary N) is 1. The van der Waals surface area contributed by atoms with Crippen molar-refractivity contribution in [3.05, 3.63) is 30.1 Å². The molecule has 0 saturated carbocycles. The van der Waals surface area contributed by atoms with Gasteiger partial charge in [0, 0.05) is 6.07 Å². The molecule has 0 aliphatic rings. The number of hydrogen-bond donors (Lipinski definition) is 3. The highest BCUT2D eigenvalue weighted by atomic mass is 19.1. The van der Waals surface area contributed by atoms with Gasteiger partial charge in [-0.1, -0.05) is 6.07 Å². The summed E-state index contributed by atoms with van der Waals surface area (Å²) in [5, 5.41) is 20.4. The molecule has 0 atom stereocenters. The first-order chi connectivity index (χ1) is 8.49. The van der Waals surface area contributed by atoms with Gasteiger partial charge < -0.3 is 20.3 Å². The lowest BCUT2D eigenvalue weighted by molar-refractivity contribution is -0.126. The Bertz CT molecular complexity index is 407. The predicted octanol–water partition coefficient (Wildman–Crippen LogP) is 0.0640. The van der Waals surface area contributed by atoms with Crippen molar-refractivity contribution in [1.29, 1.82) is 0 Å². The summed E-state index contributed by atoms with van der Waals surface area (Å²) in [5.74, 6) is -0.729. The van der Waals surface area contributed by atoms with E-state index in [0.29, 0.717) is 0 Å². The number of carbonyl (C=O) groups is 1. The number of aliphatic hydroxyl groups excluding tert-OH is 2. The van der Waals surface area contributed by atoms with Gasteiger partial charge in [-0.05, 0) is 19.1 Å². The van der Waals surface area contributed by atoms with E-state index in [0.717, 1.165) is 6.07 Å². The highest BCUT2D eigenvalue weighted by Crippen LogP contribution is 2.11. The van der Waals surface area contributed by atoms with Crippen LogP contribution in [-0.4, -0.2) is 41.5 Å². The summed E-state index contributed by atoms with van der Waals surface area (Å²) in [6.07, 6.45) is 0. The Morgan fingerprint density at radius 1 is 1.44 bits per heavy atom. The molecule has 1 aromatic rings. The molecule has 0 bridgehead atoms. The van der Waals surface area contributed by atoms with E-state index in [9.17, 15) is 9.18 Å². The third-order valence-electron chi connectivity index (χ3n) is 2.31. The van der Waals surface area contributed by atoms with Crippen molar-refractivity contribution in [1.82, 2.24) is 5.32 Å². The number of halogens is 1. The van der Waals surface area contributed by atoms with Crippen LogP contribution in [0.4, 0.5) is 4.39 Å². The lowest BCUT2D eigenvalue weighted by Gasteiger charge is -2.26. The summed E-state index contributed by atoms with van der Waals surface area (Å²) in [6, 6.07) is 5.41. The van der Waals surface area contributed by atoms with Gasteiger partial charge in [-0.2, -0.15) is 0 Å². The summed E-state index contributed by atoms with van der Waals surface area (Å²) < 4.78 is 17.9. The van der Waals surface area contributed by atoms with Gasteiger partial charge in [0.25, 0.3) is 5.91 Å². The molecule has 0 aliphatic heterocycles. The summed E-state index contributed by atoms with van der Waals surface area (Å²) in [7, 11) is 0. The first-order valence-corrected chi connectivity index (χ1v) is 5.40. The van der Waals surface area contributed by atoms with Crippen LogP contribution in [0.2, 0.25) is 0 Å². The average Bonchev–Trinajstić information content (AvgIpc) is 2.36. The summed E-state index contributed by atoms with van der Waals surface area (Å²) in [4.78, 5) is 11.5. The van der Waals surface area contributed by atoms with Gasteiger partial charge in [0.15, 0.2) is 6.61 Å². The van der Waals surface area contributed by atoms with Gasteiger partial charge in [-0.15, -0.1) is 0 Å². The van der Waals surface area contributed by atoms with E-state index in [1.807, 2.05) is 0 Å². The number of hydrogen-bond acceptors (Lipinski definition) is 4. The molecule has 0 radical (unpaired) electrons. The van der Waals surface area contributed by atoms with Gasteiger partial charge in [0.05, 0.1) is 18.8 Å². The minimum Gasteiger partial charge on any atom is -0.484 e. The number of amides is 1. The Morgan fingerprint density at radius 3 is 2.67 bits per heavy atom. The van der Waals surface area contributed by atoms with Gasteiger partial charge in [0.1, 0.15) is 11.6 Å². The zero-order valence-electron chi connectivity index (χ0n) is 10.0. The first kappa shape index (κ1) is 14.4. The Morgan fingerprint density at radius 2 is 2.11 bits per heavy atom. The van der Waals surface area contributed by atoms with E-state index in [4.69, 9.17) is 14.9 Å². The van der Waals surface area contributed by atoms with Gasteiger partial charge in [-0.25, -0.2) is 4.39 Å². The lowest BCUT2D eigenvalue weighted by Crippen LogP contribution is -2.53. The van der Waals surface area contributed by atoms with E-state index in [1.165, 1.54) is 25.1 Å². The molecule has 1 rings (SSSR count). The Hall–Kier alpha value is -1.66. The van der Waals surface area contributed by atoms with E-state index in [-0.39, 0.29) is 12.4 Å². The van der Waals surface area contributed by atoms with Crippen LogP contribution < -0.4 is 10.1 Å². The zero-order chi connectivity index (χ0) is 13.6. The van der Waals surface area contributed by atoms with Crippen LogP contribution in [0.1, 0.15) is 6.92 Å². The minimum absolute atomic E-state index is 0.236. The molecular weight excluding hydrogens is 241 g/mol. The SMILES string of the molecule is CC(CO)(CO)NC(=O)COc1cccc(F)c1. The summed E-state index contributed by atoms with van der Waals surface area (Å²) >= 11 is 0. The Kier molecular flexibility index (Phi) is 5.06. The largest absolute Gasteiger partial charge is 0.484 e. The maximum Gasteiger partial charge on any atom is 0.258 e. The number of carbonyl (C=O) groups excluding carboxylic acids is 1. The molecule has 0 spiro atoms. The van der Waals surface area contributed by atoms with Crippen molar-refractivity contribution in [2.75, 3.05) is 19.8 Å². The fourth-order valence-electron chi connectivity index (χ4n) is 1.21. The predicted molar refractivity (Wildman–Crippen MR) is 62.6 cm³/mol. The van der Waals surface area contributed by atoms with Gasteiger partial charge in [-0.3, -0.25) is 4.79 Å². The molecule has 0 saturated heterocycles. The van der Waals surface area contributed by atoms with Crippen LogP contribution in [0.25, 0.3) is 0 Å². The number of aliphatic hydroxyl groups is 2. The molecular formula is C12H16FNO4. The van der Waals surface area contributed by atoms with Crippen molar-refractivity contribution < 1.29 is 24.1 Å². The topological polar surface area (TPSA) is 78.8 Å². The Labute approximate surface area is 104 Å². The second kappa shape index (κ2) is 6.32. The van der Waals surface area contributed by atoms with Crippen LogP contribution in [0.15, 0.2) is 24.3 Å². The molecule has 0 fully saturated rings. The molecule has 1 aromatic carbocycles. The normalized spacial score (nSPS) is 11.1. The number of benzene rings is 1. The first-order valence-electron chi connectivity index (χ1n) is 5.40. The van der Waals surface area contributed by atoms with Crippen LogP contribution in [0, 0.1) is 5.82 Å². The fraction of sp³-hybridized carbons (Fsp3) is 0.417. The highest BCUT2D eigenvalue weighted by molar-refractivity contribution is 5.78. The summed E-state index contributed by atoms with van der Waals surface area (Å²) in [5.41, 5.74) is -1.09. The molecule has 6 heteroatoms. The monoisotopic (exact) mass is 257 g/mol. The standard InChI is InChI=1S/C12H16FNO4/c1-12(7-15,8-16)14-11(17)6-18-10-4-2-3-9(13)5-10/h2-5,15-16H,6-8H2,1H3,(H,14,17). The average molecular weight is 257 g/mol. The van der Waals surface area contributed by atoms with Crippen molar-refractivity contribution in [3.8, 4) is 5.75 Å². The van der Waals surface area contributed by atoms with E-state index in [1.54, 1.807) is 0 Å². The second-order valence-corrected chi connectivity index (χ2v) is 4.17. The van der Waals surface area contributed by atoms with Gasteiger partial charge in [0.2, 0.25) is 0 Å². The summed E-state index contributed by atoms with van der Waals surface area (Å²) in [6.45, 7) is 0.385. The maximum atomic E-state index is 12.8. The van der Waals surface area contributed by atoms with E-state index in [2.05, 4.69) is 5.32 Å². The smallest absolute Gasteiger partial charge is 0.258 e. The number of ether oxygens (including phenoxy) is 1. The van der Waals surface area contributed by atoms with Crippen LogP contribution in [-0.2, 0) is 4.79 Å². The van der Waals surface area contributed by atoms with E-state index < -0.39 is 30.5 Å². The second-order valence-electron chi connectivity index (χ2n) is 4.17. The molecule has 0 aliphatic carbocycles. The quantitative estimate of drug-likeness (QED) is 0.673. The maximum absolute atomic E-state index is 12.8. The molecule has 5 nitrogen and oxygen atoms in total. The van der Waals surface area contributed by atoms with Crippen molar-refractivity contribution >= 4 is 5.91 Å². The van der Waals surface area contributed by atoms with Crippen LogP contribution in [0.3, 0.4) is 0 Å². The van der Waals surface area contributed by atoms with Crippen molar-refractivity contribution in [2.24, 2.45) is 0 Å². The van der Waals surface area contributed by atoms with Gasteiger partial charge >= 0.3 is 0 Å². The Balaban J connectivity index is 2.47. The van der Waals surface area contributed by atoms with E-state index >= 15 is 0 Å². The molecule has 100 valence electrons. The molecule has 0 aromatic heterocycles. The third kappa shape index (κ3) is 4.31. The molecule has 18 heavy (non-hydrogen) atoms. The number of rotatable bonds is 6. The fourth-order valence-corrected chi connectivity index (χ4v) is 1.21.